The van der Waals surface area contributed by atoms with Gasteiger partial charge in [0.05, 0.1) is 27.0 Å². The van der Waals surface area contributed by atoms with Gasteiger partial charge >= 0.3 is 0 Å². The monoisotopic (exact) mass is 325 g/mol. The fraction of sp³-hybridized carbons (Fsp3) is 0.333. The summed E-state index contributed by atoms with van der Waals surface area (Å²) >= 11 is 3.78. The van der Waals surface area contributed by atoms with E-state index >= 15 is 0 Å². The maximum Gasteiger partial charge on any atom is 0.284 e. The number of halogens is 2. The van der Waals surface area contributed by atoms with E-state index in [0.29, 0.717) is 0 Å². The van der Waals surface area contributed by atoms with Crippen LogP contribution < -0.4 is 0 Å². The fourth-order valence-corrected chi connectivity index (χ4v) is 2.29. The number of benzene rings is 1. The first-order valence-electron chi connectivity index (χ1n) is 4.51. The van der Waals surface area contributed by atoms with Crippen molar-refractivity contribution >= 4 is 33.4 Å². The third kappa shape index (κ3) is 3.91. The molecule has 0 spiro atoms. The largest absolute Gasteiger partial charge is 0.394 e. The zero-order valence-electron chi connectivity index (χ0n) is 8.47. The van der Waals surface area contributed by atoms with Crippen LogP contribution in [-0.4, -0.2) is 33.6 Å². The number of aliphatic hydroxyl groups excluding tert-OH is 2. The molecule has 0 fully saturated rings. The van der Waals surface area contributed by atoms with E-state index in [9.17, 15) is 14.5 Å². The summed E-state index contributed by atoms with van der Waals surface area (Å²) in [5, 5.41) is 28.5. The number of aliphatic hydroxyl groups is 2. The van der Waals surface area contributed by atoms with Crippen molar-refractivity contribution < 1.29 is 19.5 Å². The summed E-state index contributed by atoms with van der Waals surface area (Å²) < 4.78 is 13.2. The van der Waals surface area contributed by atoms with E-state index in [2.05, 4.69) is 15.9 Å². The summed E-state index contributed by atoms with van der Waals surface area (Å²) in [5.41, 5.74) is -0.242. The van der Waals surface area contributed by atoms with Crippen LogP contribution in [0.5, 0.6) is 0 Å². The molecule has 1 unspecified atom stereocenters. The lowest BCUT2D eigenvalue weighted by atomic mass is 10.3. The fourth-order valence-electron chi connectivity index (χ4n) is 1.02. The molecule has 94 valence electrons. The van der Waals surface area contributed by atoms with Crippen LogP contribution in [0.4, 0.5) is 10.1 Å². The Morgan fingerprint density at radius 3 is 2.76 bits per heavy atom. The standard InChI is InChI=1S/C9H9BrFNO4S/c10-6-1-8(12(15)16)9(2-7(6)11)17-4-5(14)3-13/h1-2,5,13-14H,3-4H2. The first kappa shape index (κ1) is 14.4. The molecule has 0 amide bonds. The predicted octanol–water partition coefficient (Wildman–Crippen LogP) is 1.94. The maximum atomic E-state index is 13.2. The number of thioether (sulfide) groups is 1. The van der Waals surface area contributed by atoms with E-state index in [0.717, 1.165) is 23.9 Å². The molecule has 0 aliphatic carbocycles. The molecule has 0 aliphatic rings. The predicted molar refractivity (Wildman–Crippen MR) is 64.6 cm³/mol. The van der Waals surface area contributed by atoms with Gasteiger partial charge < -0.3 is 10.2 Å². The highest BCUT2D eigenvalue weighted by atomic mass is 79.9. The van der Waals surface area contributed by atoms with Gasteiger partial charge in [-0.05, 0) is 22.0 Å². The Hall–Kier alpha value is -0.700. The smallest absolute Gasteiger partial charge is 0.284 e. The third-order valence-corrected chi connectivity index (χ3v) is 3.64. The quantitative estimate of drug-likeness (QED) is 0.491. The minimum Gasteiger partial charge on any atom is -0.394 e. The summed E-state index contributed by atoms with van der Waals surface area (Å²) in [6.45, 7) is -0.445. The van der Waals surface area contributed by atoms with Crippen LogP contribution in [0, 0.1) is 15.9 Å². The average molecular weight is 326 g/mol. The minimum atomic E-state index is -0.994. The number of nitro groups is 1. The first-order valence-corrected chi connectivity index (χ1v) is 6.28. The molecular weight excluding hydrogens is 317 g/mol. The summed E-state index contributed by atoms with van der Waals surface area (Å²) in [6.07, 6.45) is -0.994. The van der Waals surface area contributed by atoms with Gasteiger partial charge in [-0.2, -0.15) is 0 Å². The molecule has 5 nitrogen and oxygen atoms in total. The Bertz CT molecular complexity index is 432. The van der Waals surface area contributed by atoms with E-state index in [1.807, 2.05) is 0 Å². The molecule has 1 aromatic carbocycles. The van der Waals surface area contributed by atoms with Gasteiger partial charge in [0, 0.05) is 11.8 Å². The molecule has 1 atom stereocenters. The number of nitro benzene ring substituents is 1. The van der Waals surface area contributed by atoms with Gasteiger partial charge in [-0.1, -0.05) is 0 Å². The van der Waals surface area contributed by atoms with Gasteiger partial charge in [0.1, 0.15) is 5.82 Å². The maximum absolute atomic E-state index is 13.2. The number of hydrogen-bond acceptors (Lipinski definition) is 5. The van der Waals surface area contributed by atoms with Crippen molar-refractivity contribution in [2.45, 2.75) is 11.0 Å². The molecule has 0 aliphatic heterocycles. The van der Waals surface area contributed by atoms with Gasteiger partial charge in [0.15, 0.2) is 0 Å². The molecule has 1 aromatic rings. The molecule has 2 N–H and O–H groups in total. The van der Waals surface area contributed by atoms with Crippen LogP contribution in [0.25, 0.3) is 0 Å². The van der Waals surface area contributed by atoms with Gasteiger partial charge in [0.25, 0.3) is 5.69 Å². The highest BCUT2D eigenvalue weighted by Gasteiger charge is 2.18. The molecular formula is C9H9BrFNO4S. The second-order valence-electron chi connectivity index (χ2n) is 3.14. The van der Waals surface area contributed by atoms with Crippen molar-refractivity contribution in [1.82, 2.24) is 0 Å². The van der Waals surface area contributed by atoms with E-state index in [-0.39, 0.29) is 20.8 Å². The zero-order valence-corrected chi connectivity index (χ0v) is 10.9. The van der Waals surface area contributed by atoms with Crippen LogP contribution >= 0.6 is 27.7 Å². The Balaban J connectivity index is 2.96. The lowest BCUT2D eigenvalue weighted by molar-refractivity contribution is -0.387. The molecule has 0 saturated carbocycles. The van der Waals surface area contributed by atoms with Crippen LogP contribution in [0.15, 0.2) is 21.5 Å². The number of rotatable bonds is 5. The van der Waals surface area contributed by atoms with Gasteiger partial charge in [-0.3, -0.25) is 10.1 Å². The SMILES string of the molecule is O=[N+]([O-])c1cc(Br)c(F)cc1SCC(O)CO. The number of hydrogen-bond donors (Lipinski definition) is 2. The summed E-state index contributed by atoms with van der Waals surface area (Å²) in [4.78, 5) is 10.2. The van der Waals surface area contributed by atoms with E-state index in [1.54, 1.807) is 0 Å². The van der Waals surface area contributed by atoms with Crippen molar-refractivity contribution in [2.24, 2.45) is 0 Å². The van der Waals surface area contributed by atoms with Crippen molar-refractivity contribution in [1.29, 1.82) is 0 Å². The Morgan fingerprint density at radius 2 is 2.24 bits per heavy atom. The van der Waals surface area contributed by atoms with E-state index in [4.69, 9.17) is 10.2 Å². The van der Waals surface area contributed by atoms with Gasteiger partial charge in [0.2, 0.25) is 0 Å². The van der Waals surface area contributed by atoms with Crippen molar-refractivity contribution in [3.8, 4) is 0 Å². The number of nitrogens with zero attached hydrogens (tertiary/aromatic N) is 1. The van der Waals surface area contributed by atoms with Crippen LogP contribution in [0.3, 0.4) is 0 Å². The normalized spacial score (nSPS) is 12.5. The molecule has 8 heteroatoms. The summed E-state index contributed by atoms with van der Waals surface area (Å²) in [5.74, 6) is -0.560. The van der Waals surface area contributed by atoms with Crippen LogP contribution in [0.1, 0.15) is 0 Å². The second kappa shape index (κ2) is 6.29. The molecule has 0 aromatic heterocycles. The zero-order chi connectivity index (χ0) is 13.0. The first-order chi connectivity index (χ1) is 7.95. The molecule has 17 heavy (non-hydrogen) atoms. The third-order valence-electron chi connectivity index (χ3n) is 1.84. The Labute approximate surface area is 109 Å². The van der Waals surface area contributed by atoms with Crippen molar-refractivity contribution in [3.05, 3.63) is 32.5 Å². The van der Waals surface area contributed by atoms with Crippen LogP contribution in [0.2, 0.25) is 0 Å². The summed E-state index contributed by atoms with van der Waals surface area (Å²) in [6, 6.07) is 2.10. The van der Waals surface area contributed by atoms with E-state index in [1.165, 1.54) is 0 Å². The molecule has 0 bridgehead atoms. The lowest BCUT2D eigenvalue weighted by Crippen LogP contribution is -2.14. The molecule has 1 rings (SSSR count). The Morgan fingerprint density at radius 1 is 1.59 bits per heavy atom. The molecule has 0 radical (unpaired) electrons. The topological polar surface area (TPSA) is 83.6 Å². The molecule has 0 saturated heterocycles. The second-order valence-corrected chi connectivity index (χ2v) is 5.05. The minimum absolute atomic E-state index is 0.0104. The van der Waals surface area contributed by atoms with Crippen LogP contribution in [-0.2, 0) is 0 Å². The van der Waals surface area contributed by atoms with E-state index < -0.39 is 23.5 Å². The van der Waals surface area contributed by atoms with Gasteiger partial charge in [-0.25, -0.2) is 4.39 Å². The highest BCUT2D eigenvalue weighted by molar-refractivity contribution is 9.10. The summed E-state index contributed by atoms with van der Waals surface area (Å²) in [7, 11) is 0. The van der Waals surface area contributed by atoms with Crippen molar-refractivity contribution in [2.75, 3.05) is 12.4 Å². The Kier molecular flexibility index (Phi) is 5.31. The average Bonchev–Trinajstić information content (AvgIpc) is 2.29. The molecule has 0 heterocycles. The van der Waals surface area contributed by atoms with Gasteiger partial charge in [-0.15, -0.1) is 11.8 Å². The lowest BCUT2D eigenvalue weighted by Gasteiger charge is -2.07. The van der Waals surface area contributed by atoms with Crippen molar-refractivity contribution in [3.63, 3.8) is 0 Å². The highest BCUT2D eigenvalue weighted by Crippen LogP contribution is 2.33.